The smallest absolute Gasteiger partial charge is 0.456 e. The molecule has 2 heterocycles. The predicted octanol–water partition coefficient (Wildman–Crippen LogP) is 3.51. The summed E-state index contributed by atoms with van der Waals surface area (Å²) in [5, 5.41) is 8.14. The fourth-order valence-electron chi connectivity index (χ4n) is 3.97. The van der Waals surface area contributed by atoms with Crippen LogP contribution in [0, 0.1) is 6.92 Å². The van der Waals surface area contributed by atoms with Gasteiger partial charge in [-0.15, -0.1) is 13.2 Å². The summed E-state index contributed by atoms with van der Waals surface area (Å²) in [4.78, 5) is 41.4. The third-order valence-corrected chi connectivity index (χ3v) is 5.56. The zero-order valence-electron chi connectivity index (χ0n) is 19.1. The van der Waals surface area contributed by atoms with E-state index in [1.807, 2.05) is 6.92 Å². The SMILES string of the molecule is Cc1ccc(-n2nccn2)c(C(=O)N2CCCC2C(=O)OCC(=O)c2ccccc2OC(F)(F)F)c1. The third-order valence-electron chi connectivity index (χ3n) is 5.56. The Morgan fingerprint density at radius 1 is 1.06 bits per heavy atom. The maximum atomic E-state index is 13.4. The quantitative estimate of drug-likeness (QED) is 0.360. The minimum Gasteiger partial charge on any atom is -0.456 e. The van der Waals surface area contributed by atoms with Crippen LogP contribution in [0.2, 0.25) is 0 Å². The topological polar surface area (TPSA) is 104 Å². The zero-order valence-corrected chi connectivity index (χ0v) is 19.1. The summed E-state index contributed by atoms with van der Waals surface area (Å²) < 4.78 is 46.9. The fraction of sp³-hybridized carbons (Fsp3) is 0.292. The van der Waals surface area contributed by atoms with Crippen molar-refractivity contribution in [2.75, 3.05) is 13.2 Å². The number of Topliss-reactive ketones (excluding diaryl/α,β-unsaturated/α-hetero) is 1. The van der Waals surface area contributed by atoms with E-state index in [1.165, 1.54) is 34.2 Å². The Morgan fingerprint density at radius 3 is 2.50 bits per heavy atom. The van der Waals surface area contributed by atoms with Gasteiger partial charge < -0.3 is 14.4 Å². The minimum atomic E-state index is -4.99. The van der Waals surface area contributed by atoms with Crippen LogP contribution in [0.25, 0.3) is 5.69 Å². The number of nitrogens with zero attached hydrogens (tertiary/aromatic N) is 4. The van der Waals surface area contributed by atoms with Crippen LogP contribution in [-0.2, 0) is 9.53 Å². The average Bonchev–Trinajstić information content (AvgIpc) is 3.54. The molecular formula is C24H21F3N4O5. The fourth-order valence-corrected chi connectivity index (χ4v) is 3.97. The van der Waals surface area contributed by atoms with E-state index < -0.39 is 42.4 Å². The van der Waals surface area contributed by atoms with E-state index in [4.69, 9.17) is 4.74 Å². The average molecular weight is 502 g/mol. The van der Waals surface area contributed by atoms with Crippen molar-refractivity contribution < 1.29 is 37.0 Å². The normalized spacial score (nSPS) is 15.6. The number of halogens is 3. The number of hydrogen-bond acceptors (Lipinski definition) is 7. The molecule has 4 rings (SSSR count). The van der Waals surface area contributed by atoms with Gasteiger partial charge in [0.05, 0.1) is 29.2 Å². The molecule has 12 heteroatoms. The minimum absolute atomic E-state index is 0.286. The lowest BCUT2D eigenvalue weighted by molar-refractivity contribution is -0.274. The second kappa shape index (κ2) is 10.2. The molecule has 0 spiro atoms. The first-order valence-electron chi connectivity index (χ1n) is 11.0. The van der Waals surface area contributed by atoms with Crippen LogP contribution >= 0.6 is 0 Å². The first kappa shape index (κ1) is 24.9. The monoisotopic (exact) mass is 502 g/mol. The Morgan fingerprint density at radius 2 is 1.78 bits per heavy atom. The molecule has 1 atom stereocenters. The number of amides is 1. The van der Waals surface area contributed by atoms with Crippen molar-refractivity contribution in [2.24, 2.45) is 0 Å². The molecule has 9 nitrogen and oxygen atoms in total. The van der Waals surface area contributed by atoms with Gasteiger partial charge >= 0.3 is 12.3 Å². The number of aromatic nitrogens is 3. The van der Waals surface area contributed by atoms with Gasteiger partial charge in [-0.2, -0.15) is 15.0 Å². The van der Waals surface area contributed by atoms with Crippen molar-refractivity contribution in [1.82, 2.24) is 19.9 Å². The van der Waals surface area contributed by atoms with Gasteiger partial charge in [0, 0.05) is 6.54 Å². The molecule has 188 valence electrons. The first-order chi connectivity index (χ1) is 17.1. The van der Waals surface area contributed by atoms with Crippen LogP contribution in [0.3, 0.4) is 0 Å². The Labute approximate surface area is 203 Å². The molecule has 1 saturated heterocycles. The van der Waals surface area contributed by atoms with Crippen LogP contribution in [0.15, 0.2) is 54.9 Å². The summed E-state index contributed by atoms with van der Waals surface area (Å²) in [7, 11) is 0. The van der Waals surface area contributed by atoms with Crippen molar-refractivity contribution in [3.05, 3.63) is 71.5 Å². The third kappa shape index (κ3) is 5.53. The number of aryl methyl sites for hydroxylation is 1. The number of alkyl halides is 3. The summed E-state index contributed by atoms with van der Waals surface area (Å²) in [5.41, 5.74) is 1.17. The molecule has 36 heavy (non-hydrogen) atoms. The van der Waals surface area contributed by atoms with Crippen LogP contribution in [0.4, 0.5) is 13.2 Å². The van der Waals surface area contributed by atoms with Crippen LogP contribution in [0.5, 0.6) is 5.75 Å². The maximum Gasteiger partial charge on any atom is 0.573 e. The van der Waals surface area contributed by atoms with Gasteiger partial charge in [-0.3, -0.25) is 9.59 Å². The molecule has 0 radical (unpaired) electrons. The molecule has 1 unspecified atom stereocenters. The molecule has 1 amide bonds. The lowest BCUT2D eigenvalue weighted by Crippen LogP contribution is -2.42. The predicted molar refractivity (Wildman–Crippen MR) is 119 cm³/mol. The van der Waals surface area contributed by atoms with Gasteiger partial charge in [0.1, 0.15) is 11.8 Å². The number of rotatable bonds is 7. The summed E-state index contributed by atoms with van der Waals surface area (Å²) in [6, 6.07) is 9.00. The molecule has 0 saturated carbocycles. The Bertz CT molecular complexity index is 1280. The molecule has 2 aromatic carbocycles. The number of hydrogen-bond donors (Lipinski definition) is 0. The van der Waals surface area contributed by atoms with Crippen molar-refractivity contribution in [2.45, 2.75) is 32.2 Å². The van der Waals surface area contributed by atoms with Crippen molar-refractivity contribution >= 4 is 17.7 Å². The van der Waals surface area contributed by atoms with E-state index in [0.717, 1.165) is 17.7 Å². The molecule has 0 bridgehead atoms. The lowest BCUT2D eigenvalue weighted by atomic mass is 10.1. The Kier molecular flexibility index (Phi) is 7.04. The molecule has 3 aromatic rings. The lowest BCUT2D eigenvalue weighted by Gasteiger charge is -2.24. The van der Waals surface area contributed by atoms with E-state index in [9.17, 15) is 27.6 Å². The highest BCUT2D eigenvalue weighted by Crippen LogP contribution is 2.27. The Hall–Kier alpha value is -4.22. The standard InChI is InChI=1S/C24H21F3N4O5/c1-15-8-9-18(31-28-10-11-29-31)17(13-15)22(33)30-12-4-6-19(30)23(34)35-14-20(32)16-5-2-3-7-21(16)36-24(25,26)27/h2-3,5,7-11,13,19H,4,6,12,14H2,1H3. The molecule has 0 aliphatic carbocycles. The van der Waals surface area contributed by atoms with Gasteiger partial charge in [-0.05, 0) is 44.0 Å². The van der Waals surface area contributed by atoms with E-state index in [-0.39, 0.29) is 12.1 Å². The van der Waals surface area contributed by atoms with Crippen LogP contribution in [-0.4, -0.2) is 63.1 Å². The summed E-state index contributed by atoms with van der Waals surface area (Å²) in [5.74, 6) is -2.82. The van der Waals surface area contributed by atoms with E-state index in [0.29, 0.717) is 24.1 Å². The van der Waals surface area contributed by atoms with Crippen LogP contribution < -0.4 is 4.74 Å². The number of ketones is 1. The largest absolute Gasteiger partial charge is 0.573 e. The van der Waals surface area contributed by atoms with Gasteiger partial charge in [0.25, 0.3) is 5.91 Å². The van der Waals surface area contributed by atoms with E-state index in [2.05, 4.69) is 14.9 Å². The molecular weight excluding hydrogens is 481 g/mol. The molecule has 1 aliphatic heterocycles. The van der Waals surface area contributed by atoms with Gasteiger partial charge in [-0.1, -0.05) is 23.8 Å². The van der Waals surface area contributed by atoms with Gasteiger partial charge in [0.2, 0.25) is 5.78 Å². The second-order valence-corrected chi connectivity index (χ2v) is 8.07. The number of esters is 1. The van der Waals surface area contributed by atoms with E-state index >= 15 is 0 Å². The highest BCUT2D eigenvalue weighted by Gasteiger charge is 2.37. The number of para-hydroxylation sites is 1. The summed E-state index contributed by atoms with van der Waals surface area (Å²) in [6.07, 6.45) is -1.20. The summed E-state index contributed by atoms with van der Waals surface area (Å²) in [6.45, 7) is 1.30. The number of carbonyl (C=O) groups is 3. The van der Waals surface area contributed by atoms with Crippen molar-refractivity contribution in [1.29, 1.82) is 0 Å². The first-order valence-corrected chi connectivity index (χ1v) is 11.0. The van der Waals surface area contributed by atoms with Crippen molar-refractivity contribution in [3.63, 3.8) is 0 Å². The number of benzene rings is 2. The number of ether oxygens (including phenoxy) is 2. The number of likely N-dealkylation sites (tertiary alicyclic amines) is 1. The highest BCUT2D eigenvalue weighted by atomic mass is 19.4. The van der Waals surface area contributed by atoms with Crippen molar-refractivity contribution in [3.8, 4) is 11.4 Å². The van der Waals surface area contributed by atoms with Gasteiger partial charge in [-0.25, -0.2) is 4.79 Å². The van der Waals surface area contributed by atoms with Gasteiger partial charge in [0.15, 0.2) is 6.61 Å². The van der Waals surface area contributed by atoms with Crippen LogP contribution in [0.1, 0.15) is 39.1 Å². The summed E-state index contributed by atoms with van der Waals surface area (Å²) >= 11 is 0. The molecule has 1 aliphatic rings. The molecule has 1 fully saturated rings. The number of carbonyl (C=O) groups excluding carboxylic acids is 3. The molecule has 0 N–H and O–H groups in total. The Balaban J connectivity index is 1.47. The van der Waals surface area contributed by atoms with E-state index in [1.54, 1.807) is 18.2 Å². The maximum absolute atomic E-state index is 13.4. The highest BCUT2D eigenvalue weighted by molar-refractivity contribution is 6.02. The second-order valence-electron chi connectivity index (χ2n) is 8.07. The molecule has 1 aromatic heterocycles. The zero-order chi connectivity index (χ0) is 25.9.